The van der Waals surface area contributed by atoms with E-state index in [1.807, 2.05) is 6.92 Å². The van der Waals surface area contributed by atoms with Crippen LogP contribution in [-0.4, -0.2) is 43.8 Å². The van der Waals surface area contributed by atoms with Gasteiger partial charge in [-0.1, -0.05) is 6.92 Å². The Morgan fingerprint density at radius 1 is 1.50 bits per heavy atom. The van der Waals surface area contributed by atoms with Crippen LogP contribution >= 0.6 is 0 Å². The van der Waals surface area contributed by atoms with E-state index < -0.39 is 0 Å². The van der Waals surface area contributed by atoms with Crippen LogP contribution in [0, 0.1) is 0 Å². The van der Waals surface area contributed by atoms with Crippen molar-refractivity contribution in [3.05, 3.63) is 0 Å². The molecule has 0 aromatic carbocycles. The van der Waals surface area contributed by atoms with E-state index in [-0.39, 0.29) is 6.17 Å². The number of nitrogens with one attached hydrogen (secondary N) is 1. The van der Waals surface area contributed by atoms with Crippen LogP contribution in [0.3, 0.4) is 0 Å². The molecule has 4 heteroatoms. The van der Waals surface area contributed by atoms with Crippen molar-refractivity contribution in [3.8, 4) is 0 Å². The zero-order valence-electron chi connectivity index (χ0n) is 8.21. The molecule has 1 unspecified atom stereocenters. The Labute approximate surface area is 75.3 Å². The zero-order valence-corrected chi connectivity index (χ0v) is 8.21. The van der Waals surface area contributed by atoms with Crippen LogP contribution in [0.2, 0.25) is 0 Å². The third-order valence-corrected chi connectivity index (χ3v) is 1.60. The summed E-state index contributed by atoms with van der Waals surface area (Å²) in [6.45, 7) is 9.47. The fraction of sp³-hybridized carbons (Fsp3) is 1.00. The van der Waals surface area contributed by atoms with Gasteiger partial charge in [0, 0.05) is 26.2 Å². The molecule has 1 fully saturated rings. The zero-order chi connectivity index (χ0) is 9.40. The molecule has 1 aliphatic rings. The van der Waals surface area contributed by atoms with Crippen LogP contribution in [0.1, 0.15) is 13.8 Å². The second-order valence-corrected chi connectivity index (χ2v) is 2.97. The van der Waals surface area contributed by atoms with Crippen molar-refractivity contribution in [2.24, 2.45) is 11.5 Å². The Morgan fingerprint density at radius 3 is 2.17 bits per heavy atom. The number of likely N-dealkylation sites (N-methyl/N-ethyl adjacent to an activating group) is 1. The second kappa shape index (κ2) is 7.49. The van der Waals surface area contributed by atoms with Crippen LogP contribution in [0.15, 0.2) is 0 Å². The quantitative estimate of drug-likeness (QED) is 0.384. The summed E-state index contributed by atoms with van der Waals surface area (Å²) in [5, 5.41) is 2.95. The Bertz CT molecular complexity index is 91.1. The predicted octanol–water partition coefficient (Wildman–Crippen LogP) is -0.839. The van der Waals surface area contributed by atoms with Crippen molar-refractivity contribution in [1.29, 1.82) is 0 Å². The molecule has 1 atom stereocenters. The van der Waals surface area contributed by atoms with Gasteiger partial charge in [0.2, 0.25) is 0 Å². The highest BCUT2D eigenvalue weighted by Gasteiger charge is 2.12. The predicted molar refractivity (Wildman–Crippen MR) is 52.8 cm³/mol. The van der Waals surface area contributed by atoms with Crippen molar-refractivity contribution in [3.63, 3.8) is 0 Å². The minimum atomic E-state index is 0.0727. The lowest BCUT2D eigenvalue weighted by atomic mass is 10.5. The second-order valence-electron chi connectivity index (χ2n) is 2.97. The molecule has 1 saturated heterocycles. The Morgan fingerprint density at radius 2 is 2.08 bits per heavy atom. The Balaban J connectivity index is 0.000000211. The number of hydrogen-bond donors (Lipinski definition) is 3. The molecule has 0 radical (unpaired) electrons. The van der Waals surface area contributed by atoms with Gasteiger partial charge in [0.1, 0.15) is 0 Å². The average molecular weight is 174 g/mol. The van der Waals surface area contributed by atoms with Gasteiger partial charge in [-0.25, -0.2) is 0 Å². The van der Waals surface area contributed by atoms with Gasteiger partial charge >= 0.3 is 0 Å². The molecule has 0 saturated carbocycles. The molecule has 0 bridgehead atoms. The number of nitrogens with zero attached hydrogens (tertiary/aromatic N) is 1. The van der Waals surface area contributed by atoms with Crippen LogP contribution in [0.4, 0.5) is 0 Å². The van der Waals surface area contributed by atoms with Crippen LogP contribution in [-0.2, 0) is 0 Å². The van der Waals surface area contributed by atoms with Crippen LogP contribution in [0.25, 0.3) is 0 Å². The normalized spacial score (nSPS) is 18.0. The van der Waals surface area contributed by atoms with Crippen molar-refractivity contribution >= 4 is 0 Å². The fourth-order valence-electron chi connectivity index (χ4n) is 0.698. The van der Waals surface area contributed by atoms with Crippen molar-refractivity contribution < 1.29 is 0 Å². The molecule has 0 aromatic heterocycles. The third-order valence-electron chi connectivity index (χ3n) is 1.60. The van der Waals surface area contributed by atoms with Crippen LogP contribution in [0.5, 0.6) is 0 Å². The Hall–Kier alpha value is -0.160. The van der Waals surface area contributed by atoms with E-state index in [0.717, 1.165) is 6.54 Å². The van der Waals surface area contributed by atoms with Gasteiger partial charge in [-0.2, -0.15) is 0 Å². The number of rotatable bonds is 4. The maximum absolute atomic E-state index is 5.31. The highest BCUT2D eigenvalue weighted by molar-refractivity contribution is 4.68. The summed E-state index contributed by atoms with van der Waals surface area (Å²) in [6.07, 6.45) is 0.0727. The van der Waals surface area contributed by atoms with E-state index in [2.05, 4.69) is 17.1 Å². The maximum Gasteiger partial charge on any atom is 0.0517 e. The lowest BCUT2D eigenvalue weighted by Crippen LogP contribution is -2.37. The van der Waals surface area contributed by atoms with E-state index >= 15 is 0 Å². The monoisotopic (exact) mass is 174 g/mol. The topological polar surface area (TPSA) is 67.1 Å². The van der Waals surface area contributed by atoms with Gasteiger partial charge in [0.15, 0.2) is 0 Å². The molecular weight excluding hydrogens is 152 g/mol. The van der Waals surface area contributed by atoms with Crippen molar-refractivity contribution in [2.45, 2.75) is 20.0 Å². The molecule has 0 aromatic rings. The van der Waals surface area contributed by atoms with E-state index in [1.54, 1.807) is 0 Å². The molecule has 74 valence electrons. The highest BCUT2D eigenvalue weighted by Crippen LogP contribution is 1.98. The van der Waals surface area contributed by atoms with E-state index in [0.29, 0.717) is 6.54 Å². The van der Waals surface area contributed by atoms with Gasteiger partial charge < -0.3 is 21.7 Å². The first kappa shape index (κ1) is 11.8. The van der Waals surface area contributed by atoms with Crippen LogP contribution < -0.4 is 16.8 Å². The molecule has 12 heavy (non-hydrogen) atoms. The largest absolute Gasteiger partial charge is 0.329 e. The Kier molecular flexibility index (Phi) is 7.39. The number of nitrogens with two attached hydrogens (primary N) is 2. The SMILES string of the molecule is CC(N)NCCN.CCN1CC1. The molecule has 5 N–H and O–H groups in total. The number of hydrogen-bond acceptors (Lipinski definition) is 4. The summed E-state index contributed by atoms with van der Waals surface area (Å²) >= 11 is 0. The molecular formula is C8H22N4. The molecule has 1 rings (SSSR count). The van der Waals surface area contributed by atoms with E-state index in [9.17, 15) is 0 Å². The molecule has 4 nitrogen and oxygen atoms in total. The molecule has 0 spiro atoms. The lowest BCUT2D eigenvalue weighted by Gasteiger charge is -2.03. The molecule has 1 heterocycles. The summed E-state index contributed by atoms with van der Waals surface area (Å²) in [4.78, 5) is 2.38. The van der Waals surface area contributed by atoms with Crippen molar-refractivity contribution in [2.75, 3.05) is 32.7 Å². The first-order chi connectivity index (χ1) is 5.70. The van der Waals surface area contributed by atoms with Gasteiger partial charge in [-0.15, -0.1) is 0 Å². The first-order valence-electron chi connectivity index (χ1n) is 4.62. The standard InChI is InChI=1S/C4H13N3.C4H9N/c1-4(6)7-3-2-5;1-2-5-3-4-5/h4,7H,2-3,5-6H2,1H3;2-4H2,1H3. The average Bonchev–Trinajstić information content (AvgIpc) is 2.84. The fourth-order valence-corrected chi connectivity index (χ4v) is 0.698. The molecule has 1 aliphatic heterocycles. The third kappa shape index (κ3) is 9.84. The minimum Gasteiger partial charge on any atom is -0.329 e. The first-order valence-corrected chi connectivity index (χ1v) is 4.62. The van der Waals surface area contributed by atoms with Gasteiger partial charge in [-0.3, -0.25) is 0 Å². The summed E-state index contributed by atoms with van der Waals surface area (Å²) < 4.78 is 0. The summed E-state index contributed by atoms with van der Waals surface area (Å²) in [5.41, 5.74) is 10.5. The van der Waals surface area contributed by atoms with Gasteiger partial charge in [0.25, 0.3) is 0 Å². The lowest BCUT2D eigenvalue weighted by molar-refractivity contribution is 0.574. The highest BCUT2D eigenvalue weighted by atomic mass is 15.2. The molecule has 0 aliphatic carbocycles. The smallest absolute Gasteiger partial charge is 0.0517 e. The van der Waals surface area contributed by atoms with Gasteiger partial charge in [-0.05, 0) is 13.5 Å². The van der Waals surface area contributed by atoms with E-state index in [4.69, 9.17) is 11.5 Å². The summed E-state index contributed by atoms with van der Waals surface area (Å²) in [6, 6.07) is 0. The van der Waals surface area contributed by atoms with Crippen molar-refractivity contribution in [1.82, 2.24) is 10.2 Å². The summed E-state index contributed by atoms with van der Waals surface area (Å²) in [5.74, 6) is 0. The minimum absolute atomic E-state index is 0.0727. The van der Waals surface area contributed by atoms with E-state index in [1.165, 1.54) is 19.6 Å². The molecule has 0 amide bonds. The summed E-state index contributed by atoms with van der Waals surface area (Å²) in [7, 11) is 0. The van der Waals surface area contributed by atoms with Gasteiger partial charge in [0.05, 0.1) is 6.17 Å². The maximum atomic E-state index is 5.31.